The van der Waals surface area contributed by atoms with Crippen molar-refractivity contribution in [3.63, 3.8) is 0 Å². The third-order valence-electron chi connectivity index (χ3n) is 3.48. The molecular formula is C16H23NO3. The maximum Gasteiger partial charge on any atom is 0.303 e. The highest BCUT2D eigenvalue weighted by atomic mass is 16.4. The number of aliphatic carboxylic acids is 1. The van der Waals surface area contributed by atoms with Crippen molar-refractivity contribution in [1.82, 2.24) is 4.90 Å². The van der Waals surface area contributed by atoms with Crippen molar-refractivity contribution in [3.8, 4) is 0 Å². The summed E-state index contributed by atoms with van der Waals surface area (Å²) in [7, 11) is 1.73. The number of hydrogen-bond donors (Lipinski definition) is 1. The van der Waals surface area contributed by atoms with E-state index in [1.54, 1.807) is 11.9 Å². The van der Waals surface area contributed by atoms with Crippen molar-refractivity contribution >= 4 is 11.9 Å². The van der Waals surface area contributed by atoms with E-state index in [0.717, 1.165) is 16.7 Å². The number of carboxylic acid groups (broad SMARTS) is 1. The predicted octanol–water partition coefficient (Wildman–Crippen LogP) is 2.48. The first-order valence-electron chi connectivity index (χ1n) is 6.83. The predicted molar refractivity (Wildman–Crippen MR) is 78.9 cm³/mol. The van der Waals surface area contributed by atoms with Gasteiger partial charge >= 0.3 is 5.97 Å². The van der Waals surface area contributed by atoms with E-state index < -0.39 is 5.97 Å². The molecule has 0 spiro atoms. The quantitative estimate of drug-likeness (QED) is 0.869. The first-order valence-corrected chi connectivity index (χ1v) is 6.83. The Bertz CT molecular complexity index is 485. The summed E-state index contributed by atoms with van der Waals surface area (Å²) in [6.45, 7) is 6.57. The molecule has 1 amide bonds. The summed E-state index contributed by atoms with van der Waals surface area (Å²) in [6.07, 6.45) is 0.963. The van der Waals surface area contributed by atoms with Crippen LogP contribution in [0.2, 0.25) is 0 Å². The van der Waals surface area contributed by atoms with Crippen molar-refractivity contribution in [2.24, 2.45) is 0 Å². The van der Waals surface area contributed by atoms with Crippen LogP contribution in [0.15, 0.2) is 12.1 Å². The van der Waals surface area contributed by atoms with Gasteiger partial charge in [-0.1, -0.05) is 17.7 Å². The van der Waals surface area contributed by atoms with E-state index in [9.17, 15) is 9.59 Å². The number of likely N-dealkylation sites (N-methyl/N-ethyl adjacent to an activating group) is 1. The Morgan fingerprint density at radius 2 is 1.70 bits per heavy atom. The van der Waals surface area contributed by atoms with Crippen LogP contribution in [0.25, 0.3) is 0 Å². The van der Waals surface area contributed by atoms with Gasteiger partial charge in [-0.15, -0.1) is 0 Å². The number of carboxylic acids is 1. The number of carbonyl (C=O) groups is 2. The number of hydrogen-bond acceptors (Lipinski definition) is 2. The molecule has 1 rings (SSSR count). The SMILES string of the molecule is Cc1cc(C)c(CC(=O)N(C)CCCC(=O)O)c(C)c1. The van der Waals surface area contributed by atoms with Crippen LogP contribution < -0.4 is 0 Å². The van der Waals surface area contributed by atoms with Crippen molar-refractivity contribution in [2.45, 2.75) is 40.0 Å². The zero-order valence-corrected chi connectivity index (χ0v) is 12.7. The van der Waals surface area contributed by atoms with Gasteiger partial charge in [0.25, 0.3) is 0 Å². The lowest BCUT2D eigenvalue weighted by atomic mass is 9.97. The molecule has 0 saturated heterocycles. The summed E-state index contributed by atoms with van der Waals surface area (Å²) in [5, 5.41) is 8.60. The third kappa shape index (κ3) is 4.68. The Balaban J connectivity index is 2.64. The van der Waals surface area contributed by atoms with E-state index in [2.05, 4.69) is 12.1 Å². The molecule has 0 unspecified atom stereocenters. The lowest BCUT2D eigenvalue weighted by Crippen LogP contribution is -2.30. The van der Waals surface area contributed by atoms with Gasteiger partial charge in [0.1, 0.15) is 0 Å². The summed E-state index contributed by atoms with van der Waals surface area (Å²) in [5.74, 6) is -0.790. The maximum absolute atomic E-state index is 12.2. The zero-order chi connectivity index (χ0) is 15.3. The highest BCUT2D eigenvalue weighted by molar-refractivity contribution is 5.79. The molecule has 0 aliphatic heterocycles. The fourth-order valence-corrected chi connectivity index (χ4v) is 2.37. The van der Waals surface area contributed by atoms with Gasteiger partial charge in [0.2, 0.25) is 5.91 Å². The Morgan fingerprint density at radius 3 is 2.20 bits per heavy atom. The monoisotopic (exact) mass is 277 g/mol. The number of nitrogens with zero attached hydrogens (tertiary/aromatic N) is 1. The normalized spacial score (nSPS) is 10.4. The minimum absolute atomic E-state index is 0.0328. The zero-order valence-electron chi connectivity index (χ0n) is 12.7. The number of rotatable bonds is 6. The summed E-state index contributed by atoms with van der Waals surface area (Å²) in [6, 6.07) is 4.17. The highest BCUT2D eigenvalue weighted by Crippen LogP contribution is 2.17. The Labute approximate surface area is 120 Å². The summed E-state index contributed by atoms with van der Waals surface area (Å²) in [5.41, 5.74) is 4.54. The Hall–Kier alpha value is -1.84. The van der Waals surface area contributed by atoms with Crippen molar-refractivity contribution < 1.29 is 14.7 Å². The first-order chi connectivity index (χ1) is 9.31. The molecule has 0 atom stereocenters. The van der Waals surface area contributed by atoms with Crippen molar-refractivity contribution in [2.75, 3.05) is 13.6 Å². The summed E-state index contributed by atoms with van der Waals surface area (Å²) < 4.78 is 0. The molecule has 110 valence electrons. The molecule has 0 aliphatic rings. The highest BCUT2D eigenvalue weighted by Gasteiger charge is 2.13. The molecule has 20 heavy (non-hydrogen) atoms. The van der Waals surface area contributed by atoms with Gasteiger partial charge in [-0.05, 0) is 43.9 Å². The van der Waals surface area contributed by atoms with Crippen LogP contribution in [0.5, 0.6) is 0 Å². The minimum Gasteiger partial charge on any atom is -0.481 e. The van der Waals surface area contributed by atoms with Gasteiger partial charge in [0, 0.05) is 20.0 Å². The maximum atomic E-state index is 12.2. The molecule has 0 heterocycles. The molecule has 1 aromatic carbocycles. The van der Waals surface area contributed by atoms with E-state index in [4.69, 9.17) is 5.11 Å². The summed E-state index contributed by atoms with van der Waals surface area (Å²) >= 11 is 0. The van der Waals surface area contributed by atoms with Crippen LogP contribution in [0.1, 0.15) is 35.1 Å². The van der Waals surface area contributed by atoms with Gasteiger partial charge in [-0.2, -0.15) is 0 Å². The Morgan fingerprint density at radius 1 is 1.15 bits per heavy atom. The van der Waals surface area contributed by atoms with Gasteiger partial charge in [0.05, 0.1) is 6.42 Å². The van der Waals surface area contributed by atoms with Crippen LogP contribution in [-0.2, 0) is 16.0 Å². The van der Waals surface area contributed by atoms with Gasteiger partial charge < -0.3 is 10.0 Å². The van der Waals surface area contributed by atoms with Crippen LogP contribution in [-0.4, -0.2) is 35.5 Å². The smallest absolute Gasteiger partial charge is 0.303 e. The average Bonchev–Trinajstić information content (AvgIpc) is 2.32. The Kier molecular flexibility index (Phi) is 5.74. The van der Waals surface area contributed by atoms with Gasteiger partial charge in [0.15, 0.2) is 0 Å². The molecular weight excluding hydrogens is 254 g/mol. The van der Waals surface area contributed by atoms with E-state index in [1.165, 1.54) is 5.56 Å². The molecule has 0 aliphatic carbocycles. The summed E-state index contributed by atoms with van der Waals surface area (Å²) in [4.78, 5) is 24.2. The first kappa shape index (κ1) is 16.2. The molecule has 0 radical (unpaired) electrons. The van der Waals surface area contributed by atoms with Crippen LogP contribution >= 0.6 is 0 Å². The topological polar surface area (TPSA) is 57.6 Å². The minimum atomic E-state index is -0.823. The molecule has 1 N–H and O–H groups in total. The number of carbonyl (C=O) groups excluding carboxylic acids is 1. The molecule has 0 bridgehead atoms. The van der Waals surface area contributed by atoms with E-state index in [0.29, 0.717) is 19.4 Å². The van der Waals surface area contributed by atoms with Crippen LogP contribution in [0.4, 0.5) is 0 Å². The standard InChI is InChI=1S/C16H23NO3/c1-11-8-12(2)14(13(3)9-11)10-15(18)17(4)7-5-6-16(19)20/h8-9H,5-7,10H2,1-4H3,(H,19,20). The third-order valence-corrected chi connectivity index (χ3v) is 3.48. The fourth-order valence-electron chi connectivity index (χ4n) is 2.37. The van der Waals surface area contributed by atoms with Crippen LogP contribution in [0.3, 0.4) is 0 Å². The molecule has 0 saturated carbocycles. The lowest BCUT2D eigenvalue weighted by molar-refractivity contribution is -0.138. The fraction of sp³-hybridized carbons (Fsp3) is 0.500. The average molecular weight is 277 g/mol. The lowest BCUT2D eigenvalue weighted by Gasteiger charge is -2.18. The molecule has 4 nitrogen and oxygen atoms in total. The van der Waals surface area contributed by atoms with E-state index in [-0.39, 0.29) is 12.3 Å². The number of benzene rings is 1. The number of aryl methyl sites for hydroxylation is 3. The largest absolute Gasteiger partial charge is 0.481 e. The second-order valence-corrected chi connectivity index (χ2v) is 5.37. The van der Waals surface area contributed by atoms with E-state index in [1.807, 2.05) is 20.8 Å². The molecule has 1 aromatic rings. The van der Waals surface area contributed by atoms with Gasteiger partial charge in [-0.3, -0.25) is 9.59 Å². The molecule has 4 heteroatoms. The molecule has 0 aromatic heterocycles. The van der Waals surface area contributed by atoms with Crippen LogP contribution in [0, 0.1) is 20.8 Å². The van der Waals surface area contributed by atoms with Crippen molar-refractivity contribution in [3.05, 3.63) is 34.4 Å². The molecule has 0 fully saturated rings. The van der Waals surface area contributed by atoms with Crippen molar-refractivity contribution in [1.29, 1.82) is 0 Å². The van der Waals surface area contributed by atoms with Gasteiger partial charge in [-0.25, -0.2) is 0 Å². The second kappa shape index (κ2) is 7.08. The van der Waals surface area contributed by atoms with E-state index >= 15 is 0 Å². The second-order valence-electron chi connectivity index (χ2n) is 5.37. The number of amides is 1.